The lowest BCUT2D eigenvalue weighted by Gasteiger charge is -2.37. The van der Waals surface area contributed by atoms with Crippen molar-refractivity contribution in [1.82, 2.24) is 19.6 Å². The number of carbonyl (C=O) groups is 1. The average Bonchev–Trinajstić information content (AvgIpc) is 2.87. The van der Waals surface area contributed by atoms with Gasteiger partial charge in [0.05, 0.1) is 12.6 Å². The maximum Gasteiger partial charge on any atom is 0.409 e. The summed E-state index contributed by atoms with van der Waals surface area (Å²) in [5.74, 6) is 0. The summed E-state index contributed by atoms with van der Waals surface area (Å²) in [6, 6.07) is 2.85. The van der Waals surface area contributed by atoms with Crippen LogP contribution in [0.5, 0.6) is 0 Å². The standard InChI is InChI=1S/C17H27BN4O2/c1-2-24-17(23)21-10-3-4-14(6-13-21)20-11-7-15(8-12-20)22-16(18)5-9-19-22/h5,9,14-15H,2-4,6-8,10-13H2,1H3. The number of hydrogen-bond donors (Lipinski definition) is 0. The number of amides is 1. The Morgan fingerprint density at radius 1 is 1.21 bits per heavy atom. The molecule has 0 aromatic carbocycles. The molecule has 1 aromatic heterocycles. The fourth-order valence-corrected chi connectivity index (χ4v) is 3.97. The van der Waals surface area contributed by atoms with Gasteiger partial charge < -0.3 is 14.5 Å². The van der Waals surface area contributed by atoms with Gasteiger partial charge >= 0.3 is 6.09 Å². The summed E-state index contributed by atoms with van der Waals surface area (Å²) >= 11 is 0. The molecule has 2 aliphatic rings. The SMILES string of the molecule is [B]c1ccnn1C1CCN(C2CCCN(C(=O)OCC)CC2)CC1. The highest BCUT2D eigenvalue weighted by Crippen LogP contribution is 2.26. The van der Waals surface area contributed by atoms with Crippen molar-refractivity contribution in [3.63, 3.8) is 0 Å². The molecule has 2 radical (unpaired) electrons. The average molecular weight is 330 g/mol. The Labute approximate surface area is 145 Å². The van der Waals surface area contributed by atoms with Crippen LogP contribution >= 0.6 is 0 Å². The first kappa shape index (κ1) is 17.3. The molecule has 3 rings (SSSR count). The molecular formula is C17H27BN4O2. The first-order valence-corrected chi connectivity index (χ1v) is 9.13. The Morgan fingerprint density at radius 2 is 1.96 bits per heavy atom. The molecule has 1 aromatic rings. The number of rotatable bonds is 3. The van der Waals surface area contributed by atoms with Crippen LogP contribution in [-0.4, -0.2) is 72.3 Å². The van der Waals surface area contributed by atoms with Crippen LogP contribution in [0.4, 0.5) is 4.79 Å². The van der Waals surface area contributed by atoms with Crippen LogP contribution in [0.1, 0.15) is 45.1 Å². The Hall–Kier alpha value is -1.50. The summed E-state index contributed by atoms with van der Waals surface area (Å²) in [4.78, 5) is 16.4. The van der Waals surface area contributed by atoms with Crippen LogP contribution in [0, 0.1) is 0 Å². The number of hydrogen-bond acceptors (Lipinski definition) is 4. The summed E-state index contributed by atoms with van der Waals surface area (Å²) in [5, 5.41) is 4.35. The third-order valence-electron chi connectivity index (χ3n) is 5.29. The lowest BCUT2D eigenvalue weighted by Crippen LogP contribution is -2.43. The minimum absolute atomic E-state index is 0.161. The van der Waals surface area contributed by atoms with E-state index in [0.29, 0.717) is 18.7 Å². The van der Waals surface area contributed by atoms with Crippen molar-refractivity contribution in [2.75, 3.05) is 32.8 Å². The molecule has 1 atom stereocenters. The Kier molecular flexibility index (Phi) is 5.82. The maximum atomic E-state index is 11.9. The van der Waals surface area contributed by atoms with Crippen molar-refractivity contribution in [2.45, 2.75) is 51.1 Å². The largest absolute Gasteiger partial charge is 0.450 e. The smallest absolute Gasteiger partial charge is 0.409 e. The highest BCUT2D eigenvalue weighted by Gasteiger charge is 2.29. The first-order valence-electron chi connectivity index (χ1n) is 9.13. The first-order chi connectivity index (χ1) is 11.7. The van der Waals surface area contributed by atoms with Gasteiger partial charge in [-0.05, 0) is 50.7 Å². The molecule has 130 valence electrons. The zero-order chi connectivity index (χ0) is 16.9. The van der Waals surface area contributed by atoms with Crippen LogP contribution in [0.25, 0.3) is 0 Å². The van der Waals surface area contributed by atoms with Crippen molar-refractivity contribution in [3.05, 3.63) is 12.3 Å². The van der Waals surface area contributed by atoms with Gasteiger partial charge in [0, 0.05) is 38.4 Å². The van der Waals surface area contributed by atoms with Crippen molar-refractivity contribution in [2.24, 2.45) is 0 Å². The summed E-state index contributed by atoms with van der Waals surface area (Å²) in [7, 11) is 5.98. The highest BCUT2D eigenvalue weighted by atomic mass is 16.6. The number of likely N-dealkylation sites (tertiary alicyclic amines) is 2. The maximum absolute atomic E-state index is 11.9. The van der Waals surface area contributed by atoms with Crippen molar-refractivity contribution < 1.29 is 9.53 Å². The molecule has 0 spiro atoms. The zero-order valence-electron chi connectivity index (χ0n) is 14.6. The molecule has 1 unspecified atom stereocenters. The number of carbonyl (C=O) groups excluding carboxylic acids is 1. The van der Waals surface area contributed by atoms with Crippen LogP contribution < -0.4 is 5.59 Å². The zero-order valence-corrected chi connectivity index (χ0v) is 14.6. The van der Waals surface area contributed by atoms with E-state index in [2.05, 4.69) is 10.00 Å². The van der Waals surface area contributed by atoms with Gasteiger partial charge in [0.1, 0.15) is 7.85 Å². The predicted octanol–water partition coefficient (Wildman–Crippen LogP) is 1.32. The molecule has 6 nitrogen and oxygen atoms in total. The molecule has 0 saturated carbocycles. The molecular weight excluding hydrogens is 303 g/mol. The molecule has 0 N–H and O–H groups in total. The van der Waals surface area contributed by atoms with E-state index in [1.807, 2.05) is 22.6 Å². The third kappa shape index (κ3) is 3.94. The minimum atomic E-state index is -0.161. The molecule has 2 fully saturated rings. The molecule has 7 heteroatoms. The second-order valence-corrected chi connectivity index (χ2v) is 6.74. The molecule has 0 bridgehead atoms. The van der Waals surface area contributed by atoms with E-state index in [4.69, 9.17) is 12.6 Å². The fourth-order valence-electron chi connectivity index (χ4n) is 3.97. The number of aromatic nitrogens is 2. The van der Waals surface area contributed by atoms with Crippen LogP contribution in [0.15, 0.2) is 12.3 Å². The Morgan fingerprint density at radius 3 is 2.62 bits per heavy atom. The topological polar surface area (TPSA) is 50.6 Å². The van der Waals surface area contributed by atoms with Gasteiger partial charge in [0.2, 0.25) is 0 Å². The van der Waals surface area contributed by atoms with E-state index in [9.17, 15) is 4.79 Å². The van der Waals surface area contributed by atoms with Gasteiger partial charge in [-0.25, -0.2) is 4.79 Å². The van der Waals surface area contributed by atoms with Gasteiger partial charge in [-0.2, -0.15) is 5.10 Å². The fraction of sp³-hybridized carbons (Fsp3) is 0.765. The van der Waals surface area contributed by atoms with Gasteiger partial charge in [0.15, 0.2) is 0 Å². The number of piperidine rings is 1. The van der Waals surface area contributed by atoms with E-state index in [1.165, 1.54) is 0 Å². The van der Waals surface area contributed by atoms with Crippen LogP contribution in [-0.2, 0) is 4.74 Å². The lowest BCUT2D eigenvalue weighted by atomic mass is 9.98. The van der Waals surface area contributed by atoms with Gasteiger partial charge in [-0.1, -0.05) is 0 Å². The summed E-state index contributed by atoms with van der Waals surface area (Å²) in [6.45, 7) is 6.07. The second kappa shape index (κ2) is 8.05. The van der Waals surface area contributed by atoms with Gasteiger partial charge in [-0.15, -0.1) is 0 Å². The van der Waals surface area contributed by atoms with Crippen molar-refractivity contribution in [3.8, 4) is 0 Å². The molecule has 3 heterocycles. The Balaban J connectivity index is 1.50. The molecule has 24 heavy (non-hydrogen) atoms. The monoisotopic (exact) mass is 330 g/mol. The van der Waals surface area contributed by atoms with E-state index in [-0.39, 0.29) is 6.09 Å². The normalized spacial score (nSPS) is 23.9. The van der Waals surface area contributed by atoms with Gasteiger partial charge in [-0.3, -0.25) is 4.68 Å². The second-order valence-electron chi connectivity index (χ2n) is 6.74. The summed E-state index contributed by atoms with van der Waals surface area (Å²) in [5.41, 5.74) is 0.757. The molecule has 0 aliphatic carbocycles. The lowest BCUT2D eigenvalue weighted by molar-refractivity contribution is 0.103. The van der Waals surface area contributed by atoms with E-state index in [1.54, 1.807) is 6.20 Å². The van der Waals surface area contributed by atoms with Crippen molar-refractivity contribution >= 4 is 19.5 Å². The summed E-state index contributed by atoms with van der Waals surface area (Å²) < 4.78 is 7.10. The number of nitrogens with zero attached hydrogens (tertiary/aromatic N) is 4. The molecule has 1 amide bonds. The van der Waals surface area contributed by atoms with Crippen molar-refractivity contribution in [1.29, 1.82) is 0 Å². The quantitative estimate of drug-likeness (QED) is 0.785. The highest BCUT2D eigenvalue weighted by molar-refractivity contribution is 6.30. The molecule has 2 saturated heterocycles. The minimum Gasteiger partial charge on any atom is -0.450 e. The van der Waals surface area contributed by atoms with Gasteiger partial charge in [0.25, 0.3) is 0 Å². The Bertz CT molecular complexity index is 542. The van der Waals surface area contributed by atoms with Crippen LogP contribution in [0.2, 0.25) is 0 Å². The predicted molar refractivity (Wildman–Crippen MR) is 93.7 cm³/mol. The van der Waals surface area contributed by atoms with Crippen LogP contribution in [0.3, 0.4) is 0 Å². The summed E-state index contributed by atoms with van der Waals surface area (Å²) in [6.07, 6.45) is 7.03. The number of ether oxygens (including phenoxy) is 1. The van der Waals surface area contributed by atoms with E-state index < -0.39 is 0 Å². The third-order valence-corrected chi connectivity index (χ3v) is 5.29. The van der Waals surface area contributed by atoms with E-state index in [0.717, 1.165) is 63.9 Å². The van der Waals surface area contributed by atoms with E-state index >= 15 is 0 Å². The molecule has 2 aliphatic heterocycles.